The fourth-order valence-electron chi connectivity index (χ4n) is 3.44. The van der Waals surface area contributed by atoms with Crippen LogP contribution in [0.4, 0.5) is 5.69 Å². The highest BCUT2D eigenvalue weighted by Gasteiger charge is 2.46. The molecular formula is C21H27IN2O9S. The van der Waals surface area contributed by atoms with E-state index in [4.69, 9.17) is 15.2 Å². The van der Waals surface area contributed by atoms with E-state index in [9.17, 15) is 35.1 Å². The van der Waals surface area contributed by atoms with Gasteiger partial charge in [0.2, 0.25) is 0 Å². The van der Waals surface area contributed by atoms with E-state index < -0.39 is 60.8 Å². The van der Waals surface area contributed by atoms with Crippen molar-refractivity contribution in [2.75, 3.05) is 17.3 Å². The van der Waals surface area contributed by atoms with Gasteiger partial charge in [-0.2, -0.15) is 0 Å². The number of carbonyl (C=O) groups excluding carboxylic acids is 2. The van der Waals surface area contributed by atoms with E-state index in [1.54, 1.807) is 52.9 Å². The number of anilines is 1. The number of nitrogens with two attached hydrogens (primary N) is 1. The number of imide groups is 1. The number of nitrogens with zero attached hydrogens (tertiary/aromatic N) is 1. The molecule has 0 aromatic heterocycles. The zero-order chi connectivity index (χ0) is 25.2. The van der Waals surface area contributed by atoms with Crippen LogP contribution in [0, 0.1) is 0 Å². The van der Waals surface area contributed by atoms with Gasteiger partial charge in [0.1, 0.15) is 18.3 Å². The van der Waals surface area contributed by atoms with Gasteiger partial charge in [-0.15, -0.1) is 11.8 Å². The van der Waals surface area contributed by atoms with E-state index in [-0.39, 0.29) is 20.8 Å². The van der Waals surface area contributed by atoms with Crippen molar-refractivity contribution in [1.29, 1.82) is 0 Å². The molecule has 2 aliphatic rings. The van der Waals surface area contributed by atoms with Gasteiger partial charge < -0.3 is 40.7 Å². The summed E-state index contributed by atoms with van der Waals surface area (Å²) in [6.45, 7) is 1.05. The average molecular weight is 610 g/mol. The van der Waals surface area contributed by atoms with Crippen molar-refractivity contribution in [2.24, 2.45) is 5.73 Å². The number of halogens is 1. The molecular weight excluding hydrogens is 583 g/mol. The van der Waals surface area contributed by atoms with E-state index in [0.29, 0.717) is 5.69 Å². The number of hydrogen-bond donors (Lipinski definition) is 6. The summed E-state index contributed by atoms with van der Waals surface area (Å²) in [5.41, 5.74) is 6.18. The fourth-order valence-corrected chi connectivity index (χ4v) is 5.41. The van der Waals surface area contributed by atoms with Gasteiger partial charge >= 0.3 is 0 Å². The fraction of sp³-hybridized carbons (Fsp3) is 0.524. The Labute approximate surface area is 213 Å². The third-order valence-electron chi connectivity index (χ3n) is 5.45. The number of thioether (sulfide) groups is 1. The Morgan fingerprint density at radius 1 is 1.12 bits per heavy atom. The van der Waals surface area contributed by atoms with Crippen LogP contribution in [0.5, 0.6) is 0 Å². The Morgan fingerprint density at radius 2 is 1.76 bits per heavy atom. The predicted molar refractivity (Wildman–Crippen MR) is 131 cm³/mol. The number of amides is 2. The molecule has 7 N–H and O–H groups in total. The minimum absolute atomic E-state index is 0.0311. The summed E-state index contributed by atoms with van der Waals surface area (Å²) >= 11 is 2.77. The Bertz CT molecular complexity index is 919. The van der Waals surface area contributed by atoms with Crippen LogP contribution in [0.2, 0.25) is 0 Å². The Hall–Kier alpha value is -1.14. The largest absolute Gasteiger partial charge is 0.391 e. The summed E-state index contributed by atoms with van der Waals surface area (Å²) < 4.78 is 11.2. The van der Waals surface area contributed by atoms with E-state index in [2.05, 4.69) is 0 Å². The molecule has 1 saturated heterocycles. The zero-order valence-electron chi connectivity index (χ0n) is 18.1. The summed E-state index contributed by atoms with van der Waals surface area (Å²) in [5.74, 6) is -1.01. The van der Waals surface area contributed by atoms with Crippen LogP contribution in [-0.2, 0) is 19.1 Å². The SMILES string of the molecule is C[C@@H](O)[C@@H](O)[C@@H](N)CO[C@H]1OC(CSC2=C(I)C(=O)N(c3ccccc3)C2=O)[C@H](O)C(O)C1O. The third kappa shape index (κ3) is 5.80. The van der Waals surface area contributed by atoms with E-state index >= 15 is 0 Å². The number of aliphatic hydroxyl groups excluding tert-OH is 5. The van der Waals surface area contributed by atoms with Crippen molar-refractivity contribution in [2.45, 2.75) is 55.9 Å². The molecule has 3 unspecified atom stereocenters. The lowest BCUT2D eigenvalue weighted by Crippen LogP contribution is -2.59. The third-order valence-corrected chi connectivity index (χ3v) is 7.98. The second-order valence-electron chi connectivity index (χ2n) is 7.98. The smallest absolute Gasteiger partial charge is 0.273 e. The van der Waals surface area contributed by atoms with E-state index in [0.717, 1.165) is 16.7 Å². The summed E-state index contributed by atoms with van der Waals surface area (Å²) in [6, 6.07) is 7.46. The second-order valence-corrected chi connectivity index (χ2v) is 10.1. The lowest BCUT2D eigenvalue weighted by atomic mass is 10.00. The topological polar surface area (TPSA) is 183 Å². The molecule has 2 aliphatic heterocycles. The van der Waals surface area contributed by atoms with Gasteiger partial charge in [0, 0.05) is 5.75 Å². The first-order valence-corrected chi connectivity index (χ1v) is 12.5. The van der Waals surface area contributed by atoms with E-state index in [1.165, 1.54) is 6.92 Å². The quantitative estimate of drug-likeness (QED) is 0.146. The number of ether oxygens (including phenoxy) is 2. The minimum Gasteiger partial charge on any atom is -0.391 e. The maximum Gasteiger partial charge on any atom is 0.273 e. The molecule has 0 bridgehead atoms. The van der Waals surface area contributed by atoms with Crippen LogP contribution in [0.15, 0.2) is 38.8 Å². The van der Waals surface area contributed by atoms with E-state index in [1.807, 2.05) is 0 Å². The highest BCUT2D eigenvalue weighted by atomic mass is 127. The number of para-hydroxylation sites is 1. The van der Waals surface area contributed by atoms with Crippen LogP contribution in [0.1, 0.15) is 6.92 Å². The maximum absolute atomic E-state index is 12.9. The van der Waals surface area contributed by atoms with Gasteiger partial charge in [0.25, 0.3) is 11.8 Å². The molecule has 1 aromatic carbocycles. The highest BCUT2D eigenvalue weighted by Crippen LogP contribution is 2.37. The molecule has 1 aromatic rings. The lowest BCUT2D eigenvalue weighted by molar-refractivity contribution is -0.293. The summed E-state index contributed by atoms with van der Waals surface area (Å²) in [4.78, 5) is 26.8. The van der Waals surface area contributed by atoms with Crippen LogP contribution >= 0.6 is 34.4 Å². The van der Waals surface area contributed by atoms with Crippen LogP contribution in [-0.4, -0.2) is 98.7 Å². The molecule has 188 valence electrons. The van der Waals surface area contributed by atoms with Crippen molar-refractivity contribution in [3.05, 3.63) is 38.8 Å². The molecule has 2 amide bonds. The molecule has 34 heavy (non-hydrogen) atoms. The first kappa shape index (κ1) is 27.4. The molecule has 0 aliphatic carbocycles. The van der Waals surface area contributed by atoms with Gasteiger partial charge in [0.15, 0.2) is 6.29 Å². The number of rotatable bonds is 9. The average Bonchev–Trinajstić information content (AvgIpc) is 3.03. The maximum atomic E-state index is 12.9. The molecule has 0 spiro atoms. The number of aliphatic hydroxyl groups is 5. The number of hydrogen-bond acceptors (Lipinski definition) is 11. The van der Waals surface area contributed by atoms with Crippen LogP contribution < -0.4 is 10.6 Å². The van der Waals surface area contributed by atoms with Crippen LogP contribution in [0.25, 0.3) is 0 Å². The molecule has 0 saturated carbocycles. The monoisotopic (exact) mass is 610 g/mol. The molecule has 2 heterocycles. The number of carbonyl (C=O) groups is 2. The van der Waals surface area contributed by atoms with Crippen molar-refractivity contribution in [3.8, 4) is 0 Å². The molecule has 8 atom stereocenters. The minimum atomic E-state index is -1.61. The Balaban J connectivity index is 1.65. The van der Waals surface area contributed by atoms with Gasteiger partial charge in [-0.1, -0.05) is 18.2 Å². The normalized spacial score (nSPS) is 30.6. The summed E-state index contributed by atoms with van der Waals surface area (Å²) in [6.07, 6.45) is -9.54. The van der Waals surface area contributed by atoms with Gasteiger partial charge in [-0.25, -0.2) is 4.90 Å². The second kappa shape index (κ2) is 11.7. The molecule has 0 radical (unpaired) electrons. The number of benzene rings is 1. The standard InChI is InChI=1S/C21H27IN2O9S/c1-9(25)14(26)11(23)7-32-21-17(29)16(28)15(27)12(33-21)8-34-18-13(22)19(30)24(20(18)31)10-5-3-2-4-6-10/h2-6,9,11-12,14-17,21,25-29H,7-8,23H2,1H3/t9-,11+,12?,14-,15+,16?,17?,21+/m1/s1. The molecule has 1 fully saturated rings. The zero-order valence-corrected chi connectivity index (χ0v) is 21.1. The Kier molecular flexibility index (Phi) is 9.47. The predicted octanol–water partition coefficient (Wildman–Crippen LogP) is -1.17. The highest BCUT2D eigenvalue weighted by molar-refractivity contribution is 14.1. The summed E-state index contributed by atoms with van der Waals surface area (Å²) in [7, 11) is 0. The summed E-state index contributed by atoms with van der Waals surface area (Å²) in [5, 5.41) is 50.0. The molecule has 11 nitrogen and oxygen atoms in total. The van der Waals surface area contributed by atoms with Gasteiger partial charge in [-0.05, 0) is 41.6 Å². The van der Waals surface area contributed by atoms with Gasteiger partial charge in [-0.3, -0.25) is 9.59 Å². The van der Waals surface area contributed by atoms with Crippen molar-refractivity contribution >= 4 is 51.9 Å². The van der Waals surface area contributed by atoms with Crippen LogP contribution in [0.3, 0.4) is 0 Å². The lowest BCUT2D eigenvalue weighted by Gasteiger charge is -2.40. The van der Waals surface area contributed by atoms with Crippen molar-refractivity contribution < 1.29 is 44.6 Å². The van der Waals surface area contributed by atoms with Gasteiger partial charge in [0.05, 0.1) is 45.1 Å². The Morgan fingerprint density at radius 3 is 2.38 bits per heavy atom. The molecule has 3 rings (SSSR count). The van der Waals surface area contributed by atoms with Crippen molar-refractivity contribution in [3.63, 3.8) is 0 Å². The van der Waals surface area contributed by atoms with Crippen molar-refractivity contribution in [1.82, 2.24) is 0 Å². The first-order chi connectivity index (χ1) is 16.0. The first-order valence-electron chi connectivity index (χ1n) is 10.4. The molecule has 13 heteroatoms.